The predicted molar refractivity (Wildman–Crippen MR) is 70.1 cm³/mol. The molecule has 1 unspecified atom stereocenters. The molecule has 2 heterocycles. The van der Waals surface area contributed by atoms with Crippen LogP contribution in [-0.2, 0) is 9.47 Å². The van der Waals surface area contributed by atoms with Crippen molar-refractivity contribution < 1.29 is 14.3 Å². The molecule has 104 valence electrons. The van der Waals surface area contributed by atoms with Crippen LogP contribution < -0.4 is 5.32 Å². The molecule has 1 atom stereocenters. The van der Waals surface area contributed by atoms with Crippen molar-refractivity contribution >= 4 is 11.8 Å². The van der Waals surface area contributed by atoms with Crippen molar-refractivity contribution in [2.45, 2.75) is 19.8 Å². The molecule has 0 bridgehead atoms. The fraction of sp³-hybridized carbons (Fsp3) is 0.615. The smallest absolute Gasteiger partial charge is 0.343 e. The molecule has 6 heteroatoms. The summed E-state index contributed by atoms with van der Waals surface area (Å²) >= 11 is 0. The van der Waals surface area contributed by atoms with Gasteiger partial charge in [-0.25, -0.2) is 14.8 Å². The lowest BCUT2D eigenvalue weighted by Crippen LogP contribution is -2.25. The number of hydrogen-bond acceptors (Lipinski definition) is 6. The molecule has 1 aliphatic rings. The van der Waals surface area contributed by atoms with E-state index in [-0.39, 0.29) is 0 Å². The second-order valence-electron chi connectivity index (χ2n) is 4.64. The minimum atomic E-state index is -0.428. The minimum absolute atomic E-state index is 0.366. The Morgan fingerprint density at radius 3 is 3.16 bits per heavy atom. The van der Waals surface area contributed by atoms with Crippen LogP contribution >= 0.6 is 0 Å². The van der Waals surface area contributed by atoms with Gasteiger partial charge in [0.1, 0.15) is 17.2 Å². The average Bonchev–Trinajstić information content (AvgIpc) is 2.45. The standard InChI is InChI=1S/C13H19N3O3/c1-9-14-7-11(13(17)18-2)12(16-9)15-6-10-4-3-5-19-8-10/h7,10H,3-6,8H2,1-2H3,(H,14,15,16). The summed E-state index contributed by atoms with van der Waals surface area (Å²) in [6.07, 6.45) is 3.71. The normalized spacial score (nSPS) is 18.9. The quantitative estimate of drug-likeness (QED) is 0.830. The van der Waals surface area contributed by atoms with Gasteiger partial charge in [-0.3, -0.25) is 0 Å². The zero-order valence-electron chi connectivity index (χ0n) is 11.3. The van der Waals surface area contributed by atoms with Crippen LogP contribution in [0.25, 0.3) is 0 Å². The first-order valence-electron chi connectivity index (χ1n) is 6.44. The molecule has 0 spiro atoms. The highest BCUT2D eigenvalue weighted by atomic mass is 16.5. The number of esters is 1. The van der Waals surface area contributed by atoms with E-state index in [1.807, 2.05) is 0 Å². The fourth-order valence-corrected chi connectivity index (χ4v) is 2.07. The number of carbonyl (C=O) groups is 1. The summed E-state index contributed by atoms with van der Waals surface area (Å²) in [5.41, 5.74) is 0.366. The molecule has 1 aliphatic heterocycles. The van der Waals surface area contributed by atoms with Crippen molar-refractivity contribution in [3.05, 3.63) is 17.6 Å². The third-order valence-electron chi connectivity index (χ3n) is 3.13. The molecule has 0 amide bonds. The lowest BCUT2D eigenvalue weighted by Gasteiger charge is -2.22. The second kappa shape index (κ2) is 6.47. The number of rotatable bonds is 4. The number of nitrogens with one attached hydrogen (secondary N) is 1. The number of aromatic nitrogens is 2. The SMILES string of the molecule is COC(=O)c1cnc(C)nc1NCC1CCCOC1. The van der Waals surface area contributed by atoms with E-state index < -0.39 is 5.97 Å². The lowest BCUT2D eigenvalue weighted by atomic mass is 10.0. The Labute approximate surface area is 112 Å². The molecule has 19 heavy (non-hydrogen) atoms. The minimum Gasteiger partial charge on any atom is -0.465 e. The number of nitrogens with zero attached hydrogens (tertiary/aromatic N) is 2. The molecule has 1 saturated heterocycles. The van der Waals surface area contributed by atoms with Crippen molar-refractivity contribution in [2.75, 3.05) is 32.2 Å². The Bertz CT molecular complexity index is 445. The number of anilines is 1. The van der Waals surface area contributed by atoms with Gasteiger partial charge in [-0.1, -0.05) is 0 Å². The number of carbonyl (C=O) groups excluding carboxylic acids is 1. The van der Waals surface area contributed by atoms with Gasteiger partial charge in [0.05, 0.1) is 13.7 Å². The largest absolute Gasteiger partial charge is 0.465 e. The van der Waals surface area contributed by atoms with Crippen LogP contribution in [0, 0.1) is 12.8 Å². The Balaban J connectivity index is 2.05. The molecule has 1 N–H and O–H groups in total. The van der Waals surface area contributed by atoms with E-state index >= 15 is 0 Å². The first kappa shape index (κ1) is 13.7. The second-order valence-corrected chi connectivity index (χ2v) is 4.64. The highest BCUT2D eigenvalue weighted by Gasteiger charge is 2.17. The van der Waals surface area contributed by atoms with Crippen LogP contribution in [0.15, 0.2) is 6.20 Å². The number of hydrogen-bond donors (Lipinski definition) is 1. The third-order valence-corrected chi connectivity index (χ3v) is 3.13. The van der Waals surface area contributed by atoms with Gasteiger partial charge in [0, 0.05) is 19.3 Å². The Hall–Kier alpha value is -1.69. The highest BCUT2D eigenvalue weighted by molar-refractivity contribution is 5.94. The number of ether oxygens (including phenoxy) is 2. The molecular weight excluding hydrogens is 246 g/mol. The molecular formula is C13H19N3O3. The van der Waals surface area contributed by atoms with Crippen LogP contribution in [0.4, 0.5) is 5.82 Å². The maximum atomic E-state index is 11.6. The molecule has 1 aromatic heterocycles. The maximum absolute atomic E-state index is 11.6. The van der Waals surface area contributed by atoms with E-state index in [0.29, 0.717) is 23.1 Å². The van der Waals surface area contributed by atoms with Crippen LogP contribution in [0.2, 0.25) is 0 Å². The highest BCUT2D eigenvalue weighted by Crippen LogP contribution is 2.17. The summed E-state index contributed by atoms with van der Waals surface area (Å²) < 4.78 is 10.2. The molecule has 2 rings (SSSR count). The van der Waals surface area contributed by atoms with Gasteiger partial charge >= 0.3 is 5.97 Å². The van der Waals surface area contributed by atoms with Crippen LogP contribution in [0.1, 0.15) is 29.0 Å². The lowest BCUT2D eigenvalue weighted by molar-refractivity contribution is 0.0591. The Morgan fingerprint density at radius 2 is 2.47 bits per heavy atom. The maximum Gasteiger partial charge on any atom is 0.343 e. The summed E-state index contributed by atoms with van der Waals surface area (Å²) in [7, 11) is 1.35. The summed E-state index contributed by atoms with van der Waals surface area (Å²) in [5, 5.41) is 3.21. The first-order valence-corrected chi connectivity index (χ1v) is 6.44. The van der Waals surface area contributed by atoms with Gasteiger partial charge in [0.15, 0.2) is 0 Å². The van der Waals surface area contributed by atoms with Crippen molar-refractivity contribution in [1.29, 1.82) is 0 Å². The summed E-state index contributed by atoms with van der Waals surface area (Å²) in [4.78, 5) is 19.9. The summed E-state index contributed by atoms with van der Waals surface area (Å²) in [6.45, 7) is 4.12. The zero-order chi connectivity index (χ0) is 13.7. The summed E-state index contributed by atoms with van der Waals surface area (Å²) in [5.74, 6) is 1.18. The summed E-state index contributed by atoms with van der Waals surface area (Å²) in [6, 6.07) is 0. The molecule has 0 radical (unpaired) electrons. The molecule has 0 aliphatic carbocycles. The van der Waals surface area contributed by atoms with Gasteiger partial charge in [-0.2, -0.15) is 0 Å². The molecule has 1 fully saturated rings. The van der Waals surface area contributed by atoms with Crippen LogP contribution in [-0.4, -0.2) is 42.8 Å². The molecule has 6 nitrogen and oxygen atoms in total. The van der Waals surface area contributed by atoms with Gasteiger partial charge in [-0.15, -0.1) is 0 Å². The Morgan fingerprint density at radius 1 is 1.63 bits per heavy atom. The van der Waals surface area contributed by atoms with Gasteiger partial charge < -0.3 is 14.8 Å². The topological polar surface area (TPSA) is 73.3 Å². The molecule has 0 saturated carbocycles. The van der Waals surface area contributed by atoms with Crippen molar-refractivity contribution in [3.8, 4) is 0 Å². The number of aryl methyl sites for hydroxylation is 1. The van der Waals surface area contributed by atoms with Crippen molar-refractivity contribution in [2.24, 2.45) is 5.92 Å². The van der Waals surface area contributed by atoms with E-state index in [9.17, 15) is 4.79 Å². The van der Waals surface area contributed by atoms with E-state index in [0.717, 1.165) is 32.6 Å². The van der Waals surface area contributed by atoms with Crippen molar-refractivity contribution in [3.63, 3.8) is 0 Å². The fourth-order valence-electron chi connectivity index (χ4n) is 2.07. The van der Waals surface area contributed by atoms with E-state index in [1.165, 1.54) is 13.3 Å². The van der Waals surface area contributed by atoms with Crippen molar-refractivity contribution in [1.82, 2.24) is 9.97 Å². The Kier molecular flexibility index (Phi) is 4.68. The van der Waals surface area contributed by atoms with E-state index in [1.54, 1.807) is 6.92 Å². The van der Waals surface area contributed by atoms with Gasteiger partial charge in [-0.05, 0) is 25.7 Å². The predicted octanol–water partition coefficient (Wildman–Crippen LogP) is 1.41. The first-order chi connectivity index (χ1) is 9.20. The molecule has 0 aromatic carbocycles. The van der Waals surface area contributed by atoms with E-state index in [4.69, 9.17) is 9.47 Å². The third kappa shape index (κ3) is 3.64. The number of methoxy groups -OCH3 is 1. The average molecular weight is 265 g/mol. The van der Waals surface area contributed by atoms with Crippen LogP contribution in [0.3, 0.4) is 0 Å². The monoisotopic (exact) mass is 265 g/mol. The van der Waals surface area contributed by atoms with Gasteiger partial charge in [0.2, 0.25) is 0 Å². The van der Waals surface area contributed by atoms with E-state index in [2.05, 4.69) is 15.3 Å². The van der Waals surface area contributed by atoms with Gasteiger partial charge in [0.25, 0.3) is 0 Å². The molecule has 1 aromatic rings. The zero-order valence-corrected chi connectivity index (χ0v) is 11.3. The van der Waals surface area contributed by atoms with Crippen LogP contribution in [0.5, 0.6) is 0 Å².